The Kier molecular flexibility index (Phi) is 4.01. The molecule has 6 nitrogen and oxygen atoms in total. The molecule has 25 heavy (non-hydrogen) atoms. The maximum Gasteiger partial charge on any atom is 0.270 e. The lowest BCUT2D eigenvalue weighted by Gasteiger charge is -2.25. The van der Waals surface area contributed by atoms with Gasteiger partial charge in [0.15, 0.2) is 5.82 Å². The maximum absolute atomic E-state index is 12.5. The van der Waals surface area contributed by atoms with E-state index in [0.717, 1.165) is 41.9 Å². The molecule has 2 heterocycles. The van der Waals surface area contributed by atoms with Crippen LogP contribution < -0.4 is 5.32 Å². The Morgan fingerprint density at radius 1 is 1.24 bits per heavy atom. The van der Waals surface area contributed by atoms with Crippen molar-refractivity contribution in [3.05, 3.63) is 65.7 Å². The van der Waals surface area contributed by atoms with E-state index in [4.69, 9.17) is 4.98 Å². The molecule has 1 aliphatic rings. The van der Waals surface area contributed by atoms with Gasteiger partial charge in [-0.15, -0.1) is 0 Å². The second-order valence-electron chi connectivity index (χ2n) is 6.22. The number of aryl methyl sites for hydroxylation is 2. The SMILES string of the molecule is Cn1nccc1C(=O)N[C@H]1CCCc2nc(-c3ccccc3)ncc21. The molecule has 0 aliphatic heterocycles. The summed E-state index contributed by atoms with van der Waals surface area (Å²) in [5.41, 5.74) is 3.59. The molecule has 1 N–H and O–H groups in total. The number of rotatable bonds is 3. The highest BCUT2D eigenvalue weighted by Gasteiger charge is 2.25. The minimum atomic E-state index is -0.120. The molecule has 0 unspecified atom stereocenters. The van der Waals surface area contributed by atoms with Crippen LogP contribution in [0.15, 0.2) is 48.8 Å². The molecule has 1 aromatic carbocycles. The van der Waals surface area contributed by atoms with E-state index in [9.17, 15) is 4.79 Å². The van der Waals surface area contributed by atoms with E-state index in [1.165, 1.54) is 0 Å². The summed E-state index contributed by atoms with van der Waals surface area (Å²) in [5.74, 6) is 0.614. The molecule has 0 saturated carbocycles. The molecule has 0 radical (unpaired) electrons. The van der Waals surface area contributed by atoms with Gasteiger partial charge in [0.1, 0.15) is 5.69 Å². The predicted molar refractivity (Wildman–Crippen MR) is 93.8 cm³/mol. The number of hydrogen-bond acceptors (Lipinski definition) is 4. The predicted octanol–water partition coefficient (Wildman–Crippen LogP) is 2.68. The van der Waals surface area contributed by atoms with Crippen LogP contribution in [0.1, 0.15) is 40.6 Å². The van der Waals surface area contributed by atoms with E-state index in [2.05, 4.69) is 15.4 Å². The second-order valence-corrected chi connectivity index (χ2v) is 6.22. The highest BCUT2D eigenvalue weighted by atomic mass is 16.2. The lowest BCUT2D eigenvalue weighted by Crippen LogP contribution is -2.32. The van der Waals surface area contributed by atoms with Crippen molar-refractivity contribution in [1.29, 1.82) is 0 Å². The molecule has 0 fully saturated rings. The van der Waals surface area contributed by atoms with Crippen molar-refractivity contribution in [2.75, 3.05) is 0 Å². The van der Waals surface area contributed by atoms with Crippen LogP contribution in [0, 0.1) is 0 Å². The molecule has 1 amide bonds. The number of amides is 1. The summed E-state index contributed by atoms with van der Waals surface area (Å²) in [7, 11) is 1.76. The first-order valence-corrected chi connectivity index (χ1v) is 8.42. The van der Waals surface area contributed by atoms with Gasteiger partial charge in [-0.25, -0.2) is 9.97 Å². The molecule has 2 aromatic heterocycles. The fourth-order valence-corrected chi connectivity index (χ4v) is 3.25. The van der Waals surface area contributed by atoms with Crippen molar-refractivity contribution in [3.8, 4) is 11.4 Å². The zero-order valence-electron chi connectivity index (χ0n) is 14.0. The van der Waals surface area contributed by atoms with Crippen molar-refractivity contribution in [2.24, 2.45) is 7.05 Å². The van der Waals surface area contributed by atoms with Crippen LogP contribution in [-0.4, -0.2) is 25.7 Å². The highest BCUT2D eigenvalue weighted by Crippen LogP contribution is 2.29. The van der Waals surface area contributed by atoms with E-state index in [1.807, 2.05) is 36.5 Å². The first kappa shape index (κ1) is 15.5. The Morgan fingerprint density at radius 2 is 2.08 bits per heavy atom. The number of carbonyl (C=O) groups excluding carboxylic acids is 1. The number of aromatic nitrogens is 4. The van der Waals surface area contributed by atoms with Crippen molar-refractivity contribution in [3.63, 3.8) is 0 Å². The second kappa shape index (κ2) is 6.47. The molecule has 0 bridgehead atoms. The molecule has 126 valence electrons. The van der Waals surface area contributed by atoms with Crippen molar-refractivity contribution < 1.29 is 4.79 Å². The summed E-state index contributed by atoms with van der Waals surface area (Å²) < 4.78 is 1.58. The molecule has 3 aromatic rings. The van der Waals surface area contributed by atoms with Gasteiger partial charge in [0, 0.05) is 36.3 Å². The molecule has 6 heteroatoms. The van der Waals surface area contributed by atoms with E-state index in [0.29, 0.717) is 5.69 Å². The molecule has 1 aliphatic carbocycles. The summed E-state index contributed by atoms with van der Waals surface area (Å²) in [4.78, 5) is 21.7. The number of benzene rings is 1. The summed E-state index contributed by atoms with van der Waals surface area (Å²) in [6.07, 6.45) is 6.28. The van der Waals surface area contributed by atoms with Crippen LogP contribution in [0.3, 0.4) is 0 Å². The Labute approximate surface area is 145 Å². The lowest BCUT2D eigenvalue weighted by atomic mass is 9.92. The van der Waals surface area contributed by atoms with Crippen LogP contribution >= 0.6 is 0 Å². The third-order valence-electron chi connectivity index (χ3n) is 4.57. The molecular weight excluding hydrogens is 314 g/mol. The summed E-state index contributed by atoms with van der Waals surface area (Å²) in [6.45, 7) is 0. The fourth-order valence-electron chi connectivity index (χ4n) is 3.25. The van der Waals surface area contributed by atoms with Gasteiger partial charge in [0.25, 0.3) is 5.91 Å². The van der Waals surface area contributed by atoms with E-state index in [-0.39, 0.29) is 11.9 Å². The number of carbonyl (C=O) groups is 1. The van der Waals surface area contributed by atoms with Crippen LogP contribution in [0.25, 0.3) is 11.4 Å². The van der Waals surface area contributed by atoms with Gasteiger partial charge in [-0.1, -0.05) is 30.3 Å². The minimum absolute atomic E-state index is 0.0593. The fraction of sp³-hybridized carbons (Fsp3) is 0.263. The molecule has 0 saturated heterocycles. The zero-order valence-corrected chi connectivity index (χ0v) is 14.0. The van der Waals surface area contributed by atoms with Gasteiger partial charge in [-0.3, -0.25) is 9.48 Å². The number of nitrogens with one attached hydrogen (secondary N) is 1. The van der Waals surface area contributed by atoms with Crippen LogP contribution in [0.2, 0.25) is 0 Å². The quantitative estimate of drug-likeness (QED) is 0.800. The van der Waals surface area contributed by atoms with Gasteiger partial charge in [-0.05, 0) is 25.3 Å². The minimum Gasteiger partial charge on any atom is -0.344 e. The lowest BCUT2D eigenvalue weighted by molar-refractivity contribution is 0.0923. The van der Waals surface area contributed by atoms with E-state index < -0.39 is 0 Å². The molecule has 0 spiro atoms. The summed E-state index contributed by atoms with van der Waals surface area (Å²) >= 11 is 0. The van der Waals surface area contributed by atoms with Crippen molar-refractivity contribution >= 4 is 5.91 Å². The third kappa shape index (κ3) is 3.03. The topological polar surface area (TPSA) is 72.7 Å². The van der Waals surface area contributed by atoms with E-state index in [1.54, 1.807) is 24.0 Å². The maximum atomic E-state index is 12.5. The largest absolute Gasteiger partial charge is 0.344 e. The molecule has 4 rings (SSSR count). The van der Waals surface area contributed by atoms with Gasteiger partial charge in [0.2, 0.25) is 0 Å². The smallest absolute Gasteiger partial charge is 0.270 e. The number of fused-ring (bicyclic) bond motifs is 1. The Morgan fingerprint density at radius 3 is 2.84 bits per heavy atom. The summed E-state index contributed by atoms with van der Waals surface area (Å²) in [5, 5.41) is 7.15. The molecule has 1 atom stereocenters. The van der Waals surface area contributed by atoms with Crippen LogP contribution in [0.4, 0.5) is 0 Å². The number of hydrogen-bond donors (Lipinski definition) is 1. The molecular formula is C19H19N5O. The average Bonchev–Trinajstić information content (AvgIpc) is 3.08. The van der Waals surface area contributed by atoms with Gasteiger partial charge in [0.05, 0.1) is 6.04 Å². The standard InChI is InChI=1S/C19H19N5O/c1-24-17(10-11-21-24)19(25)23-16-9-5-8-15-14(16)12-20-18(22-15)13-6-3-2-4-7-13/h2-4,6-7,10-12,16H,5,8-9H2,1H3,(H,23,25)/t16-/m0/s1. The number of nitrogens with zero attached hydrogens (tertiary/aromatic N) is 4. The first-order valence-electron chi connectivity index (χ1n) is 8.42. The third-order valence-corrected chi connectivity index (χ3v) is 4.57. The zero-order chi connectivity index (χ0) is 17.2. The summed E-state index contributed by atoms with van der Waals surface area (Å²) in [6, 6.07) is 11.6. The van der Waals surface area contributed by atoms with Crippen molar-refractivity contribution in [1.82, 2.24) is 25.1 Å². The monoisotopic (exact) mass is 333 g/mol. The Balaban J connectivity index is 1.60. The Bertz CT molecular complexity index is 903. The van der Waals surface area contributed by atoms with Crippen LogP contribution in [0.5, 0.6) is 0 Å². The average molecular weight is 333 g/mol. The normalized spacial score (nSPS) is 16.3. The van der Waals surface area contributed by atoms with Crippen molar-refractivity contribution in [2.45, 2.75) is 25.3 Å². The highest BCUT2D eigenvalue weighted by molar-refractivity contribution is 5.92. The van der Waals surface area contributed by atoms with Crippen LogP contribution in [-0.2, 0) is 13.5 Å². The van der Waals surface area contributed by atoms with E-state index >= 15 is 0 Å². The first-order chi connectivity index (χ1) is 12.2. The van der Waals surface area contributed by atoms with Gasteiger partial charge in [-0.2, -0.15) is 5.10 Å². The Hall–Kier alpha value is -3.02. The van der Waals surface area contributed by atoms with Gasteiger partial charge >= 0.3 is 0 Å². The van der Waals surface area contributed by atoms with Gasteiger partial charge < -0.3 is 5.32 Å².